The van der Waals surface area contributed by atoms with Gasteiger partial charge in [-0.2, -0.15) is 0 Å². The molecule has 0 radical (unpaired) electrons. The molecule has 7 nitrogen and oxygen atoms in total. The summed E-state index contributed by atoms with van der Waals surface area (Å²) in [4.78, 5) is 24.3. The molecule has 2 atom stereocenters. The number of benzene rings is 2. The number of fused-ring (bicyclic) bond motifs is 1. The van der Waals surface area contributed by atoms with Gasteiger partial charge >= 0.3 is 0 Å². The van der Waals surface area contributed by atoms with Gasteiger partial charge in [0.1, 0.15) is 17.5 Å². The highest BCUT2D eigenvalue weighted by atomic mass is 35.5. The van der Waals surface area contributed by atoms with Crippen LogP contribution in [0.25, 0.3) is 0 Å². The van der Waals surface area contributed by atoms with Gasteiger partial charge in [0.15, 0.2) is 6.10 Å². The number of methoxy groups -OCH3 is 1. The first-order chi connectivity index (χ1) is 12.9. The Morgan fingerprint density at radius 1 is 1.30 bits per heavy atom. The van der Waals surface area contributed by atoms with Gasteiger partial charge in [0.2, 0.25) is 5.91 Å². The Morgan fingerprint density at radius 3 is 2.81 bits per heavy atom. The SMILES string of the molecule is COc1ccc(Cl)cc1NC(=O)[C@@H](C)Nc1ccc2c(c1)NC(=O)[C@H](C)O2. The second kappa shape index (κ2) is 7.75. The Morgan fingerprint density at radius 2 is 2.07 bits per heavy atom. The lowest BCUT2D eigenvalue weighted by Crippen LogP contribution is -2.34. The van der Waals surface area contributed by atoms with Crippen molar-refractivity contribution >= 4 is 40.5 Å². The first kappa shape index (κ1) is 18.8. The maximum atomic E-state index is 12.5. The lowest BCUT2D eigenvalue weighted by molar-refractivity contribution is -0.122. The minimum atomic E-state index is -0.550. The molecule has 3 rings (SSSR count). The lowest BCUT2D eigenvalue weighted by atomic mass is 10.2. The van der Waals surface area contributed by atoms with Crippen LogP contribution in [0.2, 0.25) is 5.02 Å². The van der Waals surface area contributed by atoms with E-state index in [0.717, 1.165) is 0 Å². The first-order valence-corrected chi connectivity index (χ1v) is 8.77. The number of nitrogens with one attached hydrogen (secondary N) is 3. The monoisotopic (exact) mass is 389 g/mol. The van der Waals surface area contributed by atoms with Crippen LogP contribution in [0.4, 0.5) is 17.1 Å². The minimum absolute atomic E-state index is 0.210. The van der Waals surface area contributed by atoms with E-state index in [0.29, 0.717) is 33.6 Å². The Hall–Kier alpha value is -2.93. The zero-order valence-corrected chi connectivity index (χ0v) is 15.9. The fraction of sp³-hybridized carbons (Fsp3) is 0.263. The maximum absolute atomic E-state index is 12.5. The second-order valence-electron chi connectivity index (χ2n) is 6.16. The number of carbonyl (C=O) groups is 2. The molecular weight excluding hydrogens is 370 g/mol. The molecule has 0 aromatic heterocycles. The Bertz CT molecular complexity index is 887. The van der Waals surface area contributed by atoms with Gasteiger partial charge in [-0.3, -0.25) is 9.59 Å². The van der Waals surface area contributed by atoms with E-state index >= 15 is 0 Å². The molecule has 0 bridgehead atoms. The fourth-order valence-electron chi connectivity index (χ4n) is 2.63. The standard InChI is InChI=1S/C19H20ClN3O4/c1-10(18(24)22-14-8-12(20)4-6-16(14)26-3)21-13-5-7-17-15(9-13)23-19(25)11(2)27-17/h4-11,21H,1-3H3,(H,22,24)(H,23,25)/t10-,11+/m1/s1. The molecule has 142 valence electrons. The van der Waals surface area contributed by atoms with Crippen molar-refractivity contribution in [2.75, 3.05) is 23.1 Å². The molecule has 0 unspecified atom stereocenters. The average Bonchev–Trinajstić information content (AvgIpc) is 2.63. The molecule has 3 N–H and O–H groups in total. The average molecular weight is 390 g/mol. The summed E-state index contributed by atoms with van der Waals surface area (Å²) < 4.78 is 10.8. The van der Waals surface area contributed by atoms with Crippen LogP contribution < -0.4 is 25.4 Å². The van der Waals surface area contributed by atoms with Gasteiger partial charge in [-0.25, -0.2) is 0 Å². The molecule has 2 aromatic rings. The number of halogens is 1. The van der Waals surface area contributed by atoms with Crippen LogP contribution in [0.15, 0.2) is 36.4 Å². The number of anilines is 3. The van der Waals surface area contributed by atoms with Gasteiger partial charge in [0.25, 0.3) is 5.91 Å². The highest BCUT2D eigenvalue weighted by Crippen LogP contribution is 2.32. The topological polar surface area (TPSA) is 88.7 Å². The van der Waals surface area contributed by atoms with Crippen LogP contribution in [-0.2, 0) is 9.59 Å². The van der Waals surface area contributed by atoms with Crippen molar-refractivity contribution in [1.82, 2.24) is 0 Å². The van der Waals surface area contributed by atoms with Crippen molar-refractivity contribution in [3.63, 3.8) is 0 Å². The molecule has 0 saturated heterocycles. The fourth-order valence-corrected chi connectivity index (χ4v) is 2.81. The van der Waals surface area contributed by atoms with Gasteiger partial charge < -0.3 is 25.4 Å². The van der Waals surface area contributed by atoms with Crippen LogP contribution in [-0.4, -0.2) is 31.1 Å². The first-order valence-electron chi connectivity index (χ1n) is 8.40. The summed E-state index contributed by atoms with van der Waals surface area (Å²) in [5.74, 6) is 0.636. The summed E-state index contributed by atoms with van der Waals surface area (Å²) in [5, 5.41) is 9.16. The summed E-state index contributed by atoms with van der Waals surface area (Å²) in [6.45, 7) is 3.41. The number of hydrogen-bond donors (Lipinski definition) is 3. The van der Waals surface area contributed by atoms with Crippen molar-refractivity contribution in [1.29, 1.82) is 0 Å². The largest absolute Gasteiger partial charge is 0.495 e. The third-order valence-electron chi connectivity index (χ3n) is 4.11. The lowest BCUT2D eigenvalue weighted by Gasteiger charge is -2.24. The number of amides is 2. The highest BCUT2D eigenvalue weighted by Gasteiger charge is 2.24. The van der Waals surface area contributed by atoms with E-state index in [-0.39, 0.29) is 11.8 Å². The molecule has 2 amide bonds. The van der Waals surface area contributed by atoms with E-state index in [9.17, 15) is 9.59 Å². The summed E-state index contributed by atoms with van der Waals surface area (Å²) in [6, 6.07) is 9.70. The molecule has 0 fully saturated rings. The quantitative estimate of drug-likeness (QED) is 0.728. The molecule has 1 aliphatic rings. The van der Waals surface area contributed by atoms with E-state index < -0.39 is 12.1 Å². The van der Waals surface area contributed by atoms with Gasteiger partial charge in [-0.05, 0) is 50.2 Å². The highest BCUT2D eigenvalue weighted by molar-refractivity contribution is 6.31. The molecule has 0 spiro atoms. The van der Waals surface area contributed by atoms with E-state index in [1.807, 2.05) is 0 Å². The normalized spacial score (nSPS) is 16.4. The zero-order chi connectivity index (χ0) is 19.6. The van der Waals surface area contributed by atoms with Crippen LogP contribution in [0.1, 0.15) is 13.8 Å². The molecular formula is C19H20ClN3O4. The van der Waals surface area contributed by atoms with E-state index in [4.69, 9.17) is 21.1 Å². The predicted octanol–water partition coefficient (Wildman–Crippen LogP) is 3.51. The maximum Gasteiger partial charge on any atom is 0.265 e. The minimum Gasteiger partial charge on any atom is -0.495 e. The number of ether oxygens (including phenoxy) is 2. The van der Waals surface area contributed by atoms with E-state index in [1.54, 1.807) is 50.2 Å². The third-order valence-corrected chi connectivity index (χ3v) is 4.34. The summed E-state index contributed by atoms with van der Waals surface area (Å²) in [6.07, 6.45) is -0.534. The van der Waals surface area contributed by atoms with Gasteiger partial charge in [0, 0.05) is 10.7 Å². The van der Waals surface area contributed by atoms with Crippen molar-refractivity contribution in [2.45, 2.75) is 26.0 Å². The molecule has 27 heavy (non-hydrogen) atoms. The zero-order valence-electron chi connectivity index (χ0n) is 15.1. The van der Waals surface area contributed by atoms with E-state index in [1.165, 1.54) is 7.11 Å². The molecule has 1 aliphatic heterocycles. The molecule has 1 heterocycles. The number of hydrogen-bond acceptors (Lipinski definition) is 5. The van der Waals surface area contributed by atoms with Crippen LogP contribution in [0, 0.1) is 0 Å². The second-order valence-corrected chi connectivity index (χ2v) is 6.60. The summed E-state index contributed by atoms with van der Waals surface area (Å²) in [5.41, 5.74) is 1.73. The summed E-state index contributed by atoms with van der Waals surface area (Å²) >= 11 is 5.99. The number of carbonyl (C=O) groups excluding carboxylic acids is 2. The van der Waals surface area contributed by atoms with E-state index in [2.05, 4.69) is 16.0 Å². The van der Waals surface area contributed by atoms with Crippen LogP contribution in [0.3, 0.4) is 0 Å². The van der Waals surface area contributed by atoms with Crippen molar-refractivity contribution in [3.05, 3.63) is 41.4 Å². The predicted molar refractivity (Wildman–Crippen MR) is 105 cm³/mol. The number of rotatable bonds is 5. The smallest absolute Gasteiger partial charge is 0.265 e. The van der Waals surface area contributed by atoms with Crippen molar-refractivity contribution in [3.8, 4) is 11.5 Å². The third kappa shape index (κ3) is 4.25. The van der Waals surface area contributed by atoms with Gasteiger partial charge in [-0.1, -0.05) is 11.6 Å². The Balaban J connectivity index is 1.69. The van der Waals surface area contributed by atoms with Crippen LogP contribution in [0.5, 0.6) is 11.5 Å². The Labute approximate surface area is 162 Å². The van der Waals surface area contributed by atoms with Gasteiger partial charge in [0.05, 0.1) is 18.5 Å². The van der Waals surface area contributed by atoms with Crippen molar-refractivity contribution in [2.24, 2.45) is 0 Å². The molecule has 0 aliphatic carbocycles. The molecule has 8 heteroatoms. The van der Waals surface area contributed by atoms with Crippen molar-refractivity contribution < 1.29 is 19.1 Å². The Kier molecular flexibility index (Phi) is 5.41. The molecule has 2 aromatic carbocycles. The van der Waals surface area contributed by atoms with Gasteiger partial charge in [-0.15, -0.1) is 0 Å². The molecule has 0 saturated carbocycles. The van der Waals surface area contributed by atoms with Crippen LogP contribution >= 0.6 is 11.6 Å². The summed E-state index contributed by atoms with van der Waals surface area (Å²) in [7, 11) is 1.52.